The molecule has 110 valence electrons. The highest BCUT2D eigenvalue weighted by atomic mass is 16.5. The number of aliphatic hydroxyl groups is 1. The quantitative estimate of drug-likeness (QED) is 0.772. The average Bonchev–Trinajstić information content (AvgIpc) is 2.42. The van der Waals surface area contributed by atoms with Gasteiger partial charge in [-0.15, -0.1) is 0 Å². The molecule has 0 saturated carbocycles. The molecular formula is C15H21NO4. The van der Waals surface area contributed by atoms with E-state index >= 15 is 0 Å². The van der Waals surface area contributed by atoms with Crippen molar-refractivity contribution < 1.29 is 19.4 Å². The Kier molecular flexibility index (Phi) is 6.18. The Morgan fingerprint density at radius 1 is 1.25 bits per heavy atom. The van der Waals surface area contributed by atoms with E-state index in [9.17, 15) is 14.7 Å². The van der Waals surface area contributed by atoms with Crippen LogP contribution in [0.2, 0.25) is 0 Å². The van der Waals surface area contributed by atoms with Gasteiger partial charge in [0, 0.05) is 12.5 Å². The van der Waals surface area contributed by atoms with Gasteiger partial charge in [-0.25, -0.2) is 0 Å². The number of benzene rings is 1. The fourth-order valence-electron chi connectivity index (χ4n) is 1.75. The fourth-order valence-corrected chi connectivity index (χ4v) is 1.75. The van der Waals surface area contributed by atoms with Crippen molar-refractivity contribution in [2.45, 2.75) is 32.9 Å². The van der Waals surface area contributed by atoms with Gasteiger partial charge in [-0.05, 0) is 5.92 Å². The monoisotopic (exact) mass is 279 g/mol. The van der Waals surface area contributed by atoms with Crippen LogP contribution in [0.25, 0.3) is 0 Å². The lowest BCUT2D eigenvalue weighted by Gasteiger charge is -2.23. The molecule has 0 heterocycles. The highest BCUT2D eigenvalue weighted by Crippen LogP contribution is 2.18. The van der Waals surface area contributed by atoms with Crippen molar-refractivity contribution >= 4 is 11.9 Å². The SMILES string of the molecule is CC(=O)O[C@H](C(=O)N[C@@H](CO)C(C)C)c1ccccc1. The molecule has 0 radical (unpaired) electrons. The number of esters is 1. The number of nitrogens with one attached hydrogen (secondary N) is 1. The lowest BCUT2D eigenvalue weighted by atomic mass is 10.0. The summed E-state index contributed by atoms with van der Waals surface area (Å²) in [6, 6.07) is 8.42. The highest BCUT2D eigenvalue weighted by molar-refractivity contribution is 5.84. The molecule has 1 aromatic rings. The number of hydrogen-bond donors (Lipinski definition) is 2. The summed E-state index contributed by atoms with van der Waals surface area (Å²) in [6.07, 6.45) is -0.999. The highest BCUT2D eigenvalue weighted by Gasteiger charge is 2.26. The fraction of sp³-hybridized carbons (Fsp3) is 0.467. The third-order valence-electron chi connectivity index (χ3n) is 2.95. The Morgan fingerprint density at radius 2 is 1.85 bits per heavy atom. The Bertz CT molecular complexity index is 444. The van der Waals surface area contributed by atoms with Crippen molar-refractivity contribution in [2.75, 3.05) is 6.61 Å². The van der Waals surface area contributed by atoms with E-state index in [1.54, 1.807) is 24.3 Å². The van der Waals surface area contributed by atoms with Crippen LogP contribution in [0.5, 0.6) is 0 Å². The van der Waals surface area contributed by atoms with Gasteiger partial charge in [-0.2, -0.15) is 0 Å². The van der Waals surface area contributed by atoms with Crippen molar-refractivity contribution in [1.82, 2.24) is 5.32 Å². The second-order valence-corrected chi connectivity index (χ2v) is 4.94. The normalized spacial score (nSPS) is 13.7. The molecule has 0 saturated heterocycles. The molecule has 1 rings (SSSR count). The van der Waals surface area contributed by atoms with Crippen molar-refractivity contribution in [1.29, 1.82) is 0 Å². The van der Waals surface area contributed by atoms with Crippen molar-refractivity contribution in [2.24, 2.45) is 5.92 Å². The topological polar surface area (TPSA) is 75.6 Å². The van der Waals surface area contributed by atoms with E-state index in [0.717, 1.165) is 0 Å². The lowest BCUT2D eigenvalue weighted by molar-refractivity contribution is -0.154. The Morgan fingerprint density at radius 3 is 2.30 bits per heavy atom. The van der Waals surface area contributed by atoms with E-state index in [4.69, 9.17) is 4.74 Å². The first-order valence-corrected chi connectivity index (χ1v) is 6.59. The minimum atomic E-state index is -0.999. The zero-order valence-corrected chi connectivity index (χ0v) is 12.0. The molecule has 2 N–H and O–H groups in total. The molecule has 20 heavy (non-hydrogen) atoms. The van der Waals surface area contributed by atoms with Crippen LogP contribution in [0.15, 0.2) is 30.3 Å². The summed E-state index contributed by atoms with van der Waals surface area (Å²) in [6.45, 7) is 4.88. The molecule has 0 unspecified atom stereocenters. The molecule has 0 spiro atoms. The molecule has 0 aromatic heterocycles. The van der Waals surface area contributed by atoms with Gasteiger partial charge in [0.25, 0.3) is 5.91 Å². The van der Waals surface area contributed by atoms with Gasteiger partial charge in [0.1, 0.15) is 0 Å². The zero-order chi connectivity index (χ0) is 15.1. The first-order valence-electron chi connectivity index (χ1n) is 6.59. The minimum absolute atomic E-state index is 0.0812. The first-order chi connectivity index (χ1) is 9.45. The summed E-state index contributed by atoms with van der Waals surface area (Å²) in [5, 5.41) is 12.0. The largest absolute Gasteiger partial charge is 0.447 e. The summed E-state index contributed by atoms with van der Waals surface area (Å²) in [5.41, 5.74) is 0.598. The predicted octanol–water partition coefficient (Wildman–Crippen LogP) is 1.42. The van der Waals surface area contributed by atoms with Gasteiger partial charge in [-0.3, -0.25) is 9.59 Å². The van der Waals surface area contributed by atoms with E-state index in [1.807, 2.05) is 19.9 Å². The van der Waals surface area contributed by atoms with Crippen LogP contribution in [0.1, 0.15) is 32.4 Å². The molecule has 5 nitrogen and oxygen atoms in total. The Balaban J connectivity index is 2.88. The van der Waals surface area contributed by atoms with E-state index < -0.39 is 18.0 Å². The van der Waals surface area contributed by atoms with Crippen LogP contribution in [0.3, 0.4) is 0 Å². The molecule has 0 aliphatic rings. The maximum Gasteiger partial charge on any atom is 0.303 e. The van der Waals surface area contributed by atoms with E-state index in [2.05, 4.69) is 5.32 Å². The molecule has 0 bridgehead atoms. The van der Waals surface area contributed by atoms with Crippen molar-refractivity contribution in [3.05, 3.63) is 35.9 Å². The number of rotatable bonds is 6. The van der Waals surface area contributed by atoms with Crippen LogP contribution in [-0.2, 0) is 14.3 Å². The van der Waals surface area contributed by atoms with Crippen LogP contribution < -0.4 is 5.32 Å². The Labute approximate surface area is 118 Å². The molecule has 5 heteroatoms. The van der Waals surface area contributed by atoms with Gasteiger partial charge < -0.3 is 15.2 Å². The van der Waals surface area contributed by atoms with Gasteiger partial charge in [0.15, 0.2) is 0 Å². The third-order valence-corrected chi connectivity index (χ3v) is 2.95. The molecule has 0 aliphatic carbocycles. The smallest absolute Gasteiger partial charge is 0.303 e. The summed E-state index contributed by atoms with van der Waals surface area (Å²) in [5.74, 6) is -0.879. The van der Waals surface area contributed by atoms with Gasteiger partial charge >= 0.3 is 5.97 Å². The van der Waals surface area contributed by atoms with Crippen molar-refractivity contribution in [3.63, 3.8) is 0 Å². The summed E-state index contributed by atoms with van der Waals surface area (Å²) >= 11 is 0. The van der Waals surface area contributed by atoms with Crippen LogP contribution in [0, 0.1) is 5.92 Å². The molecular weight excluding hydrogens is 258 g/mol. The predicted molar refractivity (Wildman–Crippen MR) is 74.8 cm³/mol. The second-order valence-electron chi connectivity index (χ2n) is 4.94. The molecule has 1 aromatic carbocycles. The van der Waals surface area contributed by atoms with Crippen LogP contribution in [0.4, 0.5) is 0 Å². The molecule has 0 fully saturated rings. The standard InChI is InChI=1S/C15H21NO4/c1-10(2)13(9-17)16-15(19)14(20-11(3)18)12-7-5-4-6-8-12/h4-8,10,13-14,17H,9H2,1-3H3,(H,16,19)/t13-,14-/m0/s1. The summed E-state index contributed by atoms with van der Waals surface area (Å²) < 4.78 is 5.09. The first kappa shape index (κ1) is 16.2. The number of hydrogen-bond acceptors (Lipinski definition) is 4. The minimum Gasteiger partial charge on any atom is -0.447 e. The molecule has 0 aliphatic heterocycles. The molecule has 2 atom stereocenters. The van der Waals surface area contributed by atoms with Gasteiger partial charge in [-0.1, -0.05) is 44.2 Å². The summed E-state index contributed by atoms with van der Waals surface area (Å²) in [4.78, 5) is 23.4. The number of aliphatic hydroxyl groups excluding tert-OH is 1. The van der Waals surface area contributed by atoms with Crippen LogP contribution in [-0.4, -0.2) is 29.6 Å². The maximum absolute atomic E-state index is 12.3. The number of carbonyl (C=O) groups is 2. The maximum atomic E-state index is 12.3. The number of carbonyl (C=O) groups excluding carboxylic acids is 2. The van der Waals surface area contributed by atoms with Gasteiger partial charge in [0.05, 0.1) is 12.6 Å². The average molecular weight is 279 g/mol. The third kappa shape index (κ3) is 4.66. The van der Waals surface area contributed by atoms with Crippen LogP contribution >= 0.6 is 0 Å². The van der Waals surface area contributed by atoms with E-state index in [1.165, 1.54) is 6.92 Å². The van der Waals surface area contributed by atoms with E-state index in [0.29, 0.717) is 5.56 Å². The molecule has 1 amide bonds. The van der Waals surface area contributed by atoms with Gasteiger partial charge in [0.2, 0.25) is 6.10 Å². The van der Waals surface area contributed by atoms with Crippen molar-refractivity contribution in [3.8, 4) is 0 Å². The summed E-state index contributed by atoms with van der Waals surface area (Å²) in [7, 11) is 0. The number of amides is 1. The zero-order valence-electron chi connectivity index (χ0n) is 12.0. The second kappa shape index (κ2) is 7.65. The lowest BCUT2D eigenvalue weighted by Crippen LogP contribution is -2.44. The van der Waals surface area contributed by atoms with E-state index in [-0.39, 0.29) is 18.6 Å². The Hall–Kier alpha value is -1.88. The number of ether oxygens (including phenoxy) is 1.